The summed E-state index contributed by atoms with van der Waals surface area (Å²) >= 11 is 0. The van der Waals surface area contributed by atoms with Crippen molar-refractivity contribution < 1.29 is 5.11 Å². The van der Waals surface area contributed by atoms with Gasteiger partial charge < -0.3 is 14.6 Å². The SMILES string of the molecule is CCn1cc([C@@H](O)CN(C)C)c2ccccc21. The van der Waals surface area contributed by atoms with E-state index in [1.54, 1.807) is 0 Å². The molecule has 0 bridgehead atoms. The van der Waals surface area contributed by atoms with Crippen molar-refractivity contribution >= 4 is 10.9 Å². The Bertz CT molecular complexity index is 502. The average Bonchev–Trinajstić information content (AvgIpc) is 2.67. The Kier molecular flexibility index (Phi) is 3.50. The van der Waals surface area contributed by atoms with Crippen LogP contribution in [0.5, 0.6) is 0 Å². The van der Waals surface area contributed by atoms with Gasteiger partial charge in [-0.05, 0) is 27.1 Å². The van der Waals surface area contributed by atoms with Gasteiger partial charge >= 0.3 is 0 Å². The van der Waals surface area contributed by atoms with Crippen molar-refractivity contribution in [3.8, 4) is 0 Å². The molecule has 1 aromatic heterocycles. The molecule has 1 heterocycles. The standard InChI is InChI=1S/C14H20N2O/c1-4-16-9-12(14(17)10-15(2)3)11-7-5-6-8-13(11)16/h5-9,14,17H,4,10H2,1-3H3/t14-/m0/s1. The molecule has 0 saturated carbocycles. The Morgan fingerprint density at radius 3 is 2.65 bits per heavy atom. The molecule has 1 N–H and O–H groups in total. The van der Waals surface area contributed by atoms with E-state index in [0.717, 1.165) is 17.5 Å². The molecule has 1 aromatic carbocycles. The third-order valence-corrected chi connectivity index (χ3v) is 3.06. The van der Waals surface area contributed by atoms with Crippen LogP contribution in [0.4, 0.5) is 0 Å². The fourth-order valence-electron chi connectivity index (χ4n) is 2.25. The Labute approximate surface area is 102 Å². The van der Waals surface area contributed by atoms with Crippen LogP contribution in [0.25, 0.3) is 10.9 Å². The lowest BCUT2D eigenvalue weighted by molar-refractivity contribution is 0.139. The number of nitrogens with zero attached hydrogens (tertiary/aromatic N) is 2. The predicted octanol–water partition coefficient (Wildman–Crippen LogP) is 2.26. The molecule has 1 atom stereocenters. The van der Waals surface area contributed by atoms with Gasteiger partial charge in [0.25, 0.3) is 0 Å². The number of para-hydroxylation sites is 1. The molecule has 17 heavy (non-hydrogen) atoms. The van der Waals surface area contributed by atoms with E-state index >= 15 is 0 Å². The number of rotatable bonds is 4. The minimum absolute atomic E-state index is 0.428. The van der Waals surface area contributed by atoms with E-state index in [0.29, 0.717) is 6.54 Å². The first-order valence-corrected chi connectivity index (χ1v) is 6.04. The summed E-state index contributed by atoms with van der Waals surface area (Å²) in [5.74, 6) is 0. The molecule has 3 heteroatoms. The zero-order valence-electron chi connectivity index (χ0n) is 10.7. The molecule has 2 rings (SSSR count). The lowest BCUT2D eigenvalue weighted by atomic mass is 10.1. The maximum Gasteiger partial charge on any atom is 0.0937 e. The molecule has 0 fully saturated rings. The second kappa shape index (κ2) is 4.90. The zero-order valence-corrected chi connectivity index (χ0v) is 10.7. The van der Waals surface area contributed by atoms with Gasteiger partial charge in [0.2, 0.25) is 0 Å². The molecular weight excluding hydrogens is 212 g/mol. The molecule has 0 aliphatic carbocycles. The maximum absolute atomic E-state index is 10.2. The minimum atomic E-state index is -0.428. The van der Waals surface area contributed by atoms with Gasteiger partial charge in [-0.15, -0.1) is 0 Å². The van der Waals surface area contributed by atoms with Crippen LogP contribution in [0.3, 0.4) is 0 Å². The van der Waals surface area contributed by atoms with Gasteiger partial charge in [0, 0.05) is 35.8 Å². The Morgan fingerprint density at radius 2 is 2.00 bits per heavy atom. The van der Waals surface area contributed by atoms with Gasteiger partial charge in [-0.3, -0.25) is 0 Å². The number of hydrogen-bond donors (Lipinski definition) is 1. The number of aliphatic hydroxyl groups excluding tert-OH is 1. The second-order valence-corrected chi connectivity index (χ2v) is 4.67. The molecule has 0 unspecified atom stereocenters. The summed E-state index contributed by atoms with van der Waals surface area (Å²) in [5.41, 5.74) is 2.22. The Hall–Kier alpha value is -1.32. The Morgan fingerprint density at radius 1 is 1.29 bits per heavy atom. The molecule has 3 nitrogen and oxygen atoms in total. The predicted molar refractivity (Wildman–Crippen MR) is 71.1 cm³/mol. The quantitative estimate of drug-likeness (QED) is 0.876. The molecule has 0 aliphatic heterocycles. The number of aromatic nitrogens is 1. The smallest absolute Gasteiger partial charge is 0.0937 e. The van der Waals surface area contributed by atoms with Crippen LogP contribution in [0.15, 0.2) is 30.5 Å². The molecule has 0 spiro atoms. The van der Waals surface area contributed by atoms with Gasteiger partial charge in [-0.1, -0.05) is 18.2 Å². The van der Waals surface area contributed by atoms with E-state index in [2.05, 4.69) is 29.8 Å². The topological polar surface area (TPSA) is 28.4 Å². The van der Waals surface area contributed by atoms with E-state index in [-0.39, 0.29) is 0 Å². The van der Waals surface area contributed by atoms with E-state index < -0.39 is 6.10 Å². The summed E-state index contributed by atoms with van der Waals surface area (Å²) in [4.78, 5) is 2.00. The first kappa shape index (κ1) is 12.1. The van der Waals surface area contributed by atoms with Gasteiger partial charge in [-0.2, -0.15) is 0 Å². The van der Waals surface area contributed by atoms with Crippen molar-refractivity contribution in [2.24, 2.45) is 0 Å². The second-order valence-electron chi connectivity index (χ2n) is 4.67. The molecular formula is C14H20N2O. The number of hydrogen-bond acceptors (Lipinski definition) is 2. The highest BCUT2D eigenvalue weighted by Gasteiger charge is 2.15. The number of aliphatic hydroxyl groups is 1. The van der Waals surface area contributed by atoms with Crippen LogP contribution in [0.1, 0.15) is 18.6 Å². The van der Waals surface area contributed by atoms with Gasteiger partial charge in [-0.25, -0.2) is 0 Å². The molecule has 0 radical (unpaired) electrons. The summed E-state index contributed by atoms with van der Waals surface area (Å²) in [7, 11) is 3.95. The van der Waals surface area contributed by atoms with Crippen LogP contribution in [0.2, 0.25) is 0 Å². The van der Waals surface area contributed by atoms with Crippen LogP contribution < -0.4 is 0 Å². The van der Waals surface area contributed by atoms with E-state index in [1.165, 1.54) is 5.52 Å². The van der Waals surface area contributed by atoms with Gasteiger partial charge in [0.05, 0.1) is 6.10 Å². The lowest BCUT2D eigenvalue weighted by Crippen LogP contribution is -2.19. The highest BCUT2D eigenvalue weighted by atomic mass is 16.3. The number of likely N-dealkylation sites (N-methyl/N-ethyl adjacent to an activating group) is 1. The minimum Gasteiger partial charge on any atom is -0.387 e. The van der Waals surface area contributed by atoms with E-state index in [4.69, 9.17) is 0 Å². The van der Waals surface area contributed by atoms with Gasteiger partial charge in [0.1, 0.15) is 0 Å². The third-order valence-electron chi connectivity index (χ3n) is 3.06. The summed E-state index contributed by atoms with van der Waals surface area (Å²) in [6.45, 7) is 3.70. The average molecular weight is 232 g/mol. The summed E-state index contributed by atoms with van der Waals surface area (Å²) in [6.07, 6.45) is 1.64. The fraction of sp³-hybridized carbons (Fsp3) is 0.429. The number of benzene rings is 1. The van der Waals surface area contributed by atoms with E-state index in [1.807, 2.05) is 31.1 Å². The summed E-state index contributed by atoms with van der Waals surface area (Å²) < 4.78 is 2.18. The lowest BCUT2D eigenvalue weighted by Gasteiger charge is -2.15. The first-order chi connectivity index (χ1) is 8.13. The fourth-order valence-corrected chi connectivity index (χ4v) is 2.25. The van der Waals surface area contributed by atoms with Crippen molar-refractivity contribution in [1.82, 2.24) is 9.47 Å². The van der Waals surface area contributed by atoms with Crippen LogP contribution >= 0.6 is 0 Å². The summed E-state index contributed by atoms with van der Waals surface area (Å²) in [5, 5.41) is 11.4. The number of aryl methyl sites for hydroxylation is 1. The molecule has 0 saturated heterocycles. The normalized spacial score (nSPS) is 13.5. The maximum atomic E-state index is 10.2. The third kappa shape index (κ3) is 2.35. The highest BCUT2D eigenvalue weighted by Crippen LogP contribution is 2.26. The monoisotopic (exact) mass is 232 g/mol. The largest absolute Gasteiger partial charge is 0.387 e. The molecule has 0 aliphatic rings. The molecule has 92 valence electrons. The highest BCUT2D eigenvalue weighted by molar-refractivity contribution is 5.84. The molecule has 0 amide bonds. The number of fused-ring (bicyclic) bond motifs is 1. The summed E-state index contributed by atoms with van der Waals surface area (Å²) in [6, 6.07) is 8.24. The first-order valence-electron chi connectivity index (χ1n) is 6.04. The van der Waals surface area contributed by atoms with Crippen LogP contribution in [0, 0.1) is 0 Å². The van der Waals surface area contributed by atoms with E-state index in [9.17, 15) is 5.11 Å². The zero-order chi connectivity index (χ0) is 12.4. The van der Waals surface area contributed by atoms with Crippen molar-refractivity contribution in [2.75, 3.05) is 20.6 Å². The Balaban J connectivity index is 2.46. The van der Waals surface area contributed by atoms with Crippen LogP contribution in [-0.4, -0.2) is 35.2 Å². The van der Waals surface area contributed by atoms with Crippen LogP contribution in [-0.2, 0) is 6.54 Å². The van der Waals surface area contributed by atoms with Crippen molar-refractivity contribution in [2.45, 2.75) is 19.6 Å². The van der Waals surface area contributed by atoms with Gasteiger partial charge in [0.15, 0.2) is 0 Å². The van der Waals surface area contributed by atoms with Crippen molar-refractivity contribution in [3.05, 3.63) is 36.0 Å². The molecule has 2 aromatic rings. The van der Waals surface area contributed by atoms with Crippen molar-refractivity contribution in [3.63, 3.8) is 0 Å². The van der Waals surface area contributed by atoms with Crippen molar-refractivity contribution in [1.29, 1.82) is 0 Å².